The molecule has 1 N–H and O–H groups in total. The van der Waals surface area contributed by atoms with E-state index in [1.165, 1.54) is 18.3 Å². The Kier molecular flexibility index (Phi) is 7.40. The number of aromatic nitrogens is 2. The average molecular weight is 487 g/mol. The number of nitrogens with zero attached hydrogens (tertiary/aromatic N) is 3. The van der Waals surface area contributed by atoms with Gasteiger partial charge in [-0.3, -0.25) is 0 Å². The molecule has 1 heterocycles. The summed E-state index contributed by atoms with van der Waals surface area (Å²) in [6.07, 6.45) is -1.55. The summed E-state index contributed by atoms with van der Waals surface area (Å²) in [4.78, 5) is 18.3. The summed E-state index contributed by atoms with van der Waals surface area (Å²) in [5.74, 6) is -0.388. The largest absolute Gasteiger partial charge is 0.416 e. The van der Waals surface area contributed by atoms with Crippen LogP contribution in [0.5, 0.6) is 0 Å². The molecule has 0 saturated heterocycles. The Bertz CT molecular complexity index is 1090. The lowest BCUT2D eigenvalue weighted by Gasteiger charge is -2.25. The van der Waals surface area contributed by atoms with Crippen LogP contribution in [0.2, 0.25) is 0 Å². The quantitative estimate of drug-likeness (QED) is 0.570. The van der Waals surface area contributed by atoms with E-state index in [9.17, 15) is 26.4 Å². The molecule has 33 heavy (non-hydrogen) atoms. The molecule has 0 atom stereocenters. The second kappa shape index (κ2) is 9.74. The zero-order valence-electron chi connectivity index (χ0n) is 18.9. The molecule has 1 fully saturated rings. The van der Waals surface area contributed by atoms with Crippen molar-refractivity contribution in [2.24, 2.45) is 5.92 Å². The van der Waals surface area contributed by atoms with E-state index in [1.807, 2.05) is 20.8 Å². The zero-order valence-corrected chi connectivity index (χ0v) is 19.7. The molecule has 2 amide bonds. The molecule has 1 aromatic carbocycles. The highest BCUT2D eigenvalue weighted by atomic mass is 32.2. The highest BCUT2D eigenvalue weighted by Crippen LogP contribution is 2.39. The van der Waals surface area contributed by atoms with E-state index >= 15 is 0 Å². The number of amides is 2. The molecular formula is C22H29F3N4O3S. The fourth-order valence-corrected chi connectivity index (χ4v) is 5.21. The van der Waals surface area contributed by atoms with Crippen LogP contribution in [0, 0.1) is 5.92 Å². The third kappa shape index (κ3) is 6.27. The predicted molar refractivity (Wildman–Crippen MR) is 117 cm³/mol. The number of urea groups is 1. The van der Waals surface area contributed by atoms with Crippen LogP contribution in [-0.2, 0) is 28.3 Å². The van der Waals surface area contributed by atoms with Crippen molar-refractivity contribution < 1.29 is 26.4 Å². The number of carbonyl (C=O) groups excluding carboxylic acids is 1. The smallest absolute Gasteiger partial charge is 0.338 e. The summed E-state index contributed by atoms with van der Waals surface area (Å²) in [5.41, 5.74) is -0.264. The van der Waals surface area contributed by atoms with Gasteiger partial charge in [-0.25, -0.2) is 18.2 Å². The molecule has 0 bridgehead atoms. The van der Waals surface area contributed by atoms with Crippen LogP contribution in [0.3, 0.4) is 0 Å². The molecule has 1 aromatic heterocycles. The predicted octanol–water partition coefficient (Wildman–Crippen LogP) is 4.40. The first kappa shape index (κ1) is 25.1. The molecular weight excluding hydrogens is 457 g/mol. The van der Waals surface area contributed by atoms with E-state index in [-0.39, 0.29) is 35.3 Å². The van der Waals surface area contributed by atoms with E-state index < -0.39 is 27.3 Å². The Morgan fingerprint density at radius 1 is 1.30 bits per heavy atom. The lowest BCUT2D eigenvalue weighted by molar-refractivity contribution is -0.137. The number of carbonyl (C=O) groups is 1. The number of nitrogens with one attached hydrogen (secondary N) is 1. The second-order valence-electron chi connectivity index (χ2n) is 8.70. The molecule has 7 nitrogen and oxygen atoms in total. The number of halogens is 3. The van der Waals surface area contributed by atoms with E-state index in [0.29, 0.717) is 18.8 Å². The Hall–Kier alpha value is -2.56. The number of benzene rings is 1. The third-order valence-electron chi connectivity index (χ3n) is 5.19. The molecule has 0 spiro atoms. The average Bonchev–Trinajstić information content (AvgIpc) is 3.46. The van der Waals surface area contributed by atoms with E-state index in [4.69, 9.17) is 0 Å². The molecule has 0 unspecified atom stereocenters. The first-order valence-corrected chi connectivity index (χ1v) is 12.6. The zero-order chi connectivity index (χ0) is 24.4. The topological polar surface area (TPSA) is 84.3 Å². The molecule has 1 aliphatic rings. The van der Waals surface area contributed by atoms with Gasteiger partial charge in [0.1, 0.15) is 0 Å². The van der Waals surface area contributed by atoms with Gasteiger partial charge in [-0.05, 0) is 37.3 Å². The summed E-state index contributed by atoms with van der Waals surface area (Å²) in [6.45, 7) is 6.91. The van der Waals surface area contributed by atoms with E-state index in [0.717, 1.165) is 25.0 Å². The summed E-state index contributed by atoms with van der Waals surface area (Å²) in [5, 5.41) is 2.60. The molecule has 1 aliphatic carbocycles. The van der Waals surface area contributed by atoms with Gasteiger partial charge in [-0.1, -0.05) is 32.0 Å². The van der Waals surface area contributed by atoms with Gasteiger partial charge in [0.25, 0.3) is 0 Å². The Morgan fingerprint density at radius 2 is 2.00 bits per heavy atom. The number of alkyl halides is 3. The van der Waals surface area contributed by atoms with Crippen molar-refractivity contribution in [1.82, 2.24) is 19.8 Å². The summed E-state index contributed by atoms with van der Waals surface area (Å²) < 4.78 is 67.1. The minimum atomic E-state index is -4.56. The Balaban J connectivity index is 1.91. The van der Waals surface area contributed by atoms with Crippen LogP contribution in [0.4, 0.5) is 18.0 Å². The van der Waals surface area contributed by atoms with Gasteiger partial charge in [0.2, 0.25) is 15.0 Å². The van der Waals surface area contributed by atoms with Crippen molar-refractivity contribution >= 4 is 15.9 Å². The molecule has 3 rings (SSSR count). The van der Waals surface area contributed by atoms with Gasteiger partial charge in [-0.2, -0.15) is 13.2 Å². The van der Waals surface area contributed by atoms with Gasteiger partial charge >= 0.3 is 12.2 Å². The van der Waals surface area contributed by atoms with E-state index in [1.54, 1.807) is 9.47 Å². The highest BCUT2D eigenvalue weighted by molar-refractivity contribution is 7.90. The third-order valence-corrected chi connectivity index (χ3v) is 6.77. The second-order valence-corrected chi connectivity index (χ2v) is 10.6. The van der Waals surface area contributed by atoms with Crippen molar-refractivity contribution in [3.05, 3.63) is 47.3 Å². The van der Waals surface area contributed by atoms with Crippen molar-refractivity contribution in [2.75, 3.05) is 13.1 Å². The van der Waals surface area contributed by atoms with Gasteiger partial charge in [0.15, 0.2) is 0 Å². The van der Waals surface area contributed by atoms with Crippen molar-refractivity contribution in [3.63, 3.8) is 0 Å². The fourth-order valence-electron chi connectivity index (χ4n) is 3.69. The van der Waals surface area contributed by atoms with Gasteiger partial charge in [0.05, 0.1) is 29.8 Å². The number of hydrogen-bond donors (Lipinski definition) is 1. The first-order valence-electron chi connectivity index (χ1n) is 10.9. The number of rotatable bonds is 9. The highest BCUT2D eigenvalue weighted by Gasteiger charge is 2.35. The van der Waals surface area contributed by atoms with Crippen LogP contribution in [0.15, 0.2) is 35.6 Å². The van der Waals surface area contributed by atoms with Crippen LogP contribution in [0.1, 0.15) is 56.5 Å². The Labute approximate surface area is 191 Å². The summed E-state index contributed by atoms with van der Waals surface area (Å²) >= 11 is 0. The molecule has 11 heteroatoms. The maximum atomic E-state index is 13.2. The maximum absolute atomic E-state index is 13.2. The van der Waals surface area contributed by atoms with Crippen molar-refractivity contribution in [1.29, 1.82) is 0 Å². The molecule has 1 saturated carbocycles. The van der Waals surface area contributed by atoms with Crippen LogP contribution in [-0.4, -0.2) is 42.0 Å². The van der Waals surface area contributed by atoms with Crippen LogP contribution in [0.25, 0.3) is 0 Å². The maximum Gasteiger partial charge on any atom is 0.416 e. The first-order chi connectivity index (χ1) is 15.4. The molecule has 182 valence electrons. The summed E-state index contributed by atoms with van der Waals surface area (Å²) in [6, 6.07) is 4.01. The minimum absolute atomic E-state index is 0.0421. The van der Waals surface area contributed by atoms with E-state index in [2.05, 4.69) is 10.3 Å². The van der Waals surface area contributed by atoms with Gasteiger partial charge in [0, 0.05) is 19.1 Å². The number of sulfone groups is 1. The fraction of sp³-hybridized carbons (Fsp3) is 0.545. The lowest BCUT2D eigenvalue weighted by Crippen LogP contribution is -2.41. The van der Waals surface area contributed by atoms with Gasteiger partial charge < -0.3 is 14.8 Å². The lowest BCUT2D eigenvalue weighted by atomic mass is 10.1. The molecule has 0 aliphatic heterocycles. The number of hydrogen-bond acceptors (Lipinski definition) is 4. The Morgan fingerprint density at radius 3 is 2.58 bits per heavy atom. The van der Waals surface area contributed by atoms with Crippen LogP contribution < -0.4 is 5.32 Å². The van der Waals surface area contributed by atoms with Gasteiger partial charge in [-0.15, -0.1) is 0 Å². The SMILES string of the molecule is CCNC(=O)N(Cc1cnc(S(=O)(=O)Cc2cccc(C(F)(F)F)c2)n1C1CC1)CC(C)C. The normalized spacial score (nSPS) is 14.5. The minimum Gasteiger partial charge on any atom is -0.338 e. The number of imidazole rings is 1. The van der Waals surface area contributed by atoms with Crippen molar-refractivity contribution in [3.8, 4) is 0 Å². The van der Waals surface area contributed by atoms with Crippen molar-refractivity contribution in [2.45, 2.75) is 63.3 Å². The summed E-state index contributed by atoms with van der Waals surface area (Å²) in [7, 11) is -4.01. The molecule has 0 radical (unpaired) electrons. The monoisotopic (exact) mass is 486 g/mol. The standard InChI is InChI=1S/C22H29F3N4O3S/c1-4-26-20(30)28(12-15(2)3)13-19-11-27-21(29(19)18-8-9-18)33(31,32)14-16-6-5-7-17(10-16)22(23,24)25/h5-7,10-11,15,18H,4,8-9,12-14H2,1-3H3,(H,26,30). The van der Waals surface area contributed by atoms with Crippen LogP contribution >= 0.6 is 0 Å². The molecule has 2 aromatic rings.